The molecule has 0 rings (SSSR count). The molecule has 1 atom stereocenters. The lowest BCUT2D eigenvalue weighted by Crippen LogP contribution is -2.37. The highest BCUT2D eigenvalue weighted by molar-refractivity contribution is 7.45. The summed E-state index contributed by atoms with van der Waals surface area (Å²) < 4.78 is 22.3. The minimum atomic E-state index is -4.15. The molecule has 0 saturated carbocycles. The Morgan fingerprint density at radius 1 is 0.432 bits per heavy atom. The summed E-state index contributed by atoms with van der Waals surface area (Å²) >= 11 is 0. The Morgan fingerprint density at radius 2 is 0.659 bits per heavy atom. The summed E-state index contributed by atoms with van der Waals surface area (Å²) in [4.78, 5) is 11.8. The summed E-state index contributed by atoms with van der Waals surface area (Å²) in [5, 5.41) is 8.79. The molecule has 7 heteroatoms. The lowest BCUT2D eigenvalue weighted by Gasteiger charge is -2.27. The number of unbranched alkanes of at least 4 members (excludes halogenated alkanes) is 29. The van der Waals surface area contributed by atoms with Crippen LogP contribution in [0.3, 0.4) is 0 Å². The van der Waals surface area contributed by atoms with E-state index in [9.17, 15) is 9.46 Å². The van der Waals surface area contributed by atoms with E-state index in [0.717, 1.165) is 25.7 Å². The van der Waals surface area contributed by atoms with Gasteiger partial charge >= 0.3 is 0 Å². The topological polar surface area (TPSA) is 78.8 Å². The van der Waals surface area contributed by atoms with Crippen LogP contribution in [-0.2, 0) is 13.6 Å². The van der Waals surface area contributed by atoms with Crippen molar-refractivity contribution in [3.05, 3.63) is 0 Å². The zero-order valence-corrected chi connectivity index (χ0v) is 30.9. The zero-order valence-electron chi connectivity index (χ0n) is 30.0. The molecule has 0 amide bonds. The quantitative estimate of drug-likeness (QED) is 0.0412. The third-order valence-corrected chi connectivity index (χ3v) is 9.81. The van der Waals surface area contributed by atoms with Gasteiger partial charge in [0, 0.05) is 6.61 Å². The molecule has 1 unspecified atom stereocenters. The molecule has 6 nitrogen and oxygen atoms in total. The van der Waals surface area contributed by atoms with E-state index in [-0.39, 0.29) is 13.2 Å². The molecule has 0 saturated heterocycles. The Balaban J connectivity index is 3.16. The normalized spacial score (nSPS) is 13.5. The Labute approximate surface area is 275 Å². The summed E-state index contributed by atoms with van der Waals surface area (Å²) in [6.07, 6.45) is 40.2. The highest BCUT2D eigenvalue weighted by atomic mass is 31.2. The first-order chi connectivity index (χ1) is 21.3. The van der Waals surface area contributed by atoms with Crippen LogP contribution in [-0.4, -0.2) is 57.1 Å². The molecule has 0 aromatic rings. The lowest BCUT2D eigenvalue weighted by molar-refractivity contribution is -0.870. The number of hydrogen-bond donors (Lipinski definition) is 1. The van der Waals surface area contributed by atoms with Crippen molar-refractivity contribution < 1.29 is 28.1 Å². The predicted octanol–water partition coefficient (Wildman–Crippen LogP) is 10.9. The second-order valence-electron chi connectivity index (χ2n) is 14.5. The Kier molecular flexibility index (Phi) is 33.0. The number of aliphatic hydroxyl groups excluding tert-OH is 1. The van der Waals surface area contributed by atoms with Gasteiger partial charge in [-0.25, -0.2) is 0 Å². The standard InChI is InChI=1S/C37H78NO5P/c1-38(2,3)34-37-43-44(40,41)42-36-33-31-29-27-25-23-21-19-17-15-13-11-9-7-5-4-6-8-10-12-14-16-18-20-22-24-26-28-30-32-35-39/h39H,4-37H2,1-3H3. The largest absolute Gasteiger partial charge is 0.756 e. The molecule has 0 aliphatic rings. The van der Waals surface area contributed by atoms with Crippen molar-refractivity contribution in [2.24, 2.45) is 0 Å². The summed E-state index contributed by atoms with van der Waals surface area (Å²) in [5.74, 6) is 0. The fourth-order valence-electron chi connectivity index (χ4n) is 5.80. The smallest absolute Gasteiger partial charge is 0.268 e. The van der Waals surface area contributed by atoms with Crippen LogP contribution in [0.15, 0.2) is 0 Å². The SMILES string of the molecule is C[N+](C)(C)CCOP(=O)([O-])OCCCCCCCCCCCCCCCCCCCCCCCCCCCCCCCCO. The predicted molar refractivity (Wildman–Crippen MR) is 188 cm³/mol. The van der Waals surface area contributed by atoms with Gasteiger partial charge in [-0.05, 0) is 12.8 Å². The summed E-state index contributed by atoms with van der Waals surface area (Å²) in [5.41, 5.74) is 0. The number of likely N-dealkylation sites (N-methyl/N-ethyl adjacent to an activating group) is 1. The molecular formula is C37H78NO5P. The molecule has 1 N–H and O–H groups in total. The van der Waals surface area contributed by atoms with Gasteiger partial charge in [0.15, 0.2) is 0 Å². The highest BCUT2D eigenvalue weighted by Gasteiger charge is 2.13. The van der Waals surface area contributed by atoms with Crippen molar-refractivity contribution in [2.75, 3.05) is 47.5 Å². The van der Waals surface area contributed by atoms with Gasteiger partial charge in [-0.3, -0.25) is 4.57 Å². The summed E-state index contributed by atoms with van der Waals surface area (Å²) in [6, 6.07) is 0. The first-order valence-corrected chi connectivity index (χ1v) is 20.7. The molecule has 0 fully saturated rings. The van der Waals surface area contributed by atoms with Crippen LogP contribution in [0.2, 0.25) is 0 Å². The second-order valence-corrected chi connectivity index (χ2v) is 15.9. The van der Waals surface area contributed by atoms with Gasteiger partial charge in [0.1, 0.15) is 13.2 Å². The van der Waals surface area contributed by atoms with Crippen LogP contribution in [0.25, 0.3) is 0 Å². The van der Waals surface area contributed by atoms with Gasteiger partial charge in [0.25, 0.3) is 7.82 Å². The number of phosphoric ester groups is 1. The first-order valence-electron chi connectivity index (χ1n) is 19.3. The van der Waals surface area contributed by atoms with Crippen molar-refractivity contribution in [1.82, 2.24) is 0 Å². The minimum absolute atomic E-state index is 0.168. The molecular weight excluding hydrogens is 569 g/mol. The number of rotatable bonds is 37. The summed E-state index contributed by atoms with van der Waals surface area (Å²) in [6.45, 7) is 1.40. The van der Waals surface area contributed by atoms with Gasteiger partial charge < -0.3 is 23.5 Å². The first kappa shape index (κ1) is 44.0. The van der Waals surface area contributed by atoms with Crippen LogP contribution in [0, 0.1) is 0 Å². The van der Waals surface area contributed by atoms with E-state index in [4.69, 9.17) is 14.2 Å². The van der Waals surface area contributed by atoms with E-state index in [1.807, 2.05) is 21.1 Å². The average molecular weight is 648 g/mol. The van der Waals surface area contributed by atoms with Gasteiger partial charge in [0.2, 0.25) is 0 Å². The van der Waals surface area contributed by atoms with E-state index in [1.54, 1.807) is 0 Å². The van der Waals surface area contributed by atoms with E-state index in [0.29, 0.717) is 17.6 Å². The van der Waals surface area contributed by atoms with Crippen LogP contribution in [0.4, 0.5) is 0 Å². The van der Waals surface area contributed by atoms with Crippen molar-refractivity contribution in [3.63, 3.8) is 0 Å². The lowest BCUT2D eigenvalue weighted by atomic mass is 10.0. The molecule has 0 aromatic heterocycles. The molecule has 266 valence electrons. The monoisotopic (exact) mass is 648 g/mol. The number of phosphoric acid groups is 1. The maximum absolute atomic E-state index is 11.8. The van der Waals surface area contributed by atoms with Gasteiger partial charge in [-0.2, -0.15) is 0 Å². The number of hydrogen-bond acceptors (Lipinski definition) is 5. The third kappa shape index (κ3) is 38.2. The van der Waals surface area contributed by atoms with Crippen molar-refractivity contribution in [1.29, 1.82) is 0 Å². The Morgan fingerprint density at radius 3 is 0.909 bits per heavy atom. The van der Waals surface area contributed by atoms with E-state index in [2.05, 4.69) is 0 Å². The van der Waals surface area contributed by atoms with Crippen LogP contribution < -0.4 is 4.89 Å². The molecule has 0 aliphatic heterocycles. The Hall–Kier alpha value is 0.0300. The minimum Gasteiger partial charge on any atom is -0.756 e. The Bertz CT molecular complexity index is 613. The van der Waals surface area contributed by atoms with E-state index < -0.39 is 7.82 Å². The molecule has 0 aliphatic carbocycles. The van der Waals surface area contributed by atoms with Gasteiger partial charge in [0.05, 0.1) is 27.7 Å². The number of aliphatic hydroxyl groups is 1. The number of nitrogens with zero attached hydrogens (tertiary/aromatic N) is 1. The third-order valence-electron chi connectivity index (χ3n) is 8.81. The molecule has 0 radical (unpaired) electrons. The molecule has 0 bridgehead atoms. The average Bonchev–Trinajstić information content (AvgIpc) is 2.97. The van der Waals surface area contributed by atoms with E-state index in [1.165, 1.54) is 167 Å². The van der Waals surface area contributed by atoms with E-state index >= 15 is 0 Å². The fourth-order valence-corrected chi connectivity index (χ4v) is 6.54. The molecule has 0 spiro atoms. The second kappa shape index (κ2) is 33.0. The van der Waals surface area contributed by atoms with Crippen molar-refractivity contribution >= 4 is 7.82 Å². The maximum Gasteiger partial charge on any atom is 0.268 e. The maximum atomic E-state index is 11.8. The highest BCUT2D eigenvalue weighted by Crippen LogP contribution is 2.38. The number of quaternary nitrogens is 1. The zero-order chi connectivity index (χ0) is 32.5. The van der Waals surface area contributed by atoms with Crippen molar-refractivity contribution in [3.8, 4) is 0 Å². The van der Waals surface area contributed by atoms with Gasteiger partial charge in [-0.1, -0.05) is 180 Å². The van der Waals surface area contributed by atoms with Crippen molar-refractivity contribution in [2.45, 2.75) is 193 Å². The molecule has 0 heterocycles. The van der Waals surface area contributed by atoms with Gasteiger partial charge in [-0.15, -0.1) is 0 Å². The van der Waals surface area contributed by atoms with Crippen LogP contribution in [0.5, 0.6) is 0 Å². The fraction of sp³-hybridized carbons (Fsp3) is 1.00. The van der Waals surface area contributed by atoms with Crippen LogP contribution in [0.1, 0.15) is 193 Å². The van der Waals surface area contributed by atoms with Crippen LogP contribution >= 0.6 is 7.82 Å². The molecule has 44 heavy (non-hydrogen) atoms. The summed E-state index contributed by atoms with van der Waals surface area (Å²) in [7, 11) is 1.86. The molecule has 0 aromatic carbocycles.